The minimum Gasteiger partial charge on any atom is -0.361 e. The van der Waals surface area contributed by atoms with Crippen LogP contribution < -0.4 is 10.6 Å². The van der Waals surface area contributed by atoms with Crippen molar-refractivity contribution in [2.24, 2.45) is 0 Å². The molecule has 6 heteroatoms. The lowest BCUT2D eigenvalue weighted by atomic mass is 9.95. The first-order chi connectivity index (χ1) is 11.1. The number of rotatable bonds is 7. The normalized spacial score (nSPS) is 21.2. The molecular weight excluding hydrogens is 310 g/mol. The number of nitrogens with zero attached hydrogens (tertiary/aromatic N) is 1. The molecule has 1 fully saturated rings. The van der Waals surface area contributed by atoms with Gasteiger partial charge in [-0.2, -0.15) is 11.8 Å². The molecule has 0 bridgehead atoms. The van der Waals surface area contributed by atoms with Gasteiger partial charge in [0.05, 0.1) is 5.69 Å². The van der Waals surface area contributed by atoms with E-state index in [1.807, 2.05) is 25.6 Å². The van der Waals surface area contributed by atoms with Gasteiger partial charge in [-0.15, -0.1) is 0 Å². The van der Waals surface area contributed by atoms with Crippen LogP contribution in [-0.2, 0) is 6.42 Å². The third-order valence-corrected chi connectivity index (χ3v) is 5.80. The number of urea groups is 1. The maximum atomic E-state index is 12.1. The van der Waals surface area contributed by atoms with Crippen molar-refractivity contribution in [3.05, 3.63) is 17.0 Å². The van der Waals surface area contributed by atoms with Crippen molar-refractivity contribution >= 4 is 17.8 Å². The van der Waals surface area contributed by atoms with Gasteiger partial charge in [0.2, 0.25) is 0 Å². The second-order valence-electron chi connectivity index (χ2n) is 6.19. The molecule has 1 heterocycles. The average Bonchev–Trinajstić information content (AvgIpc) is 2.85. The van der Waals surface area contributed by atoms with Crippen molar-refractivity contribution in [1.82, 2.24) is 15.8 Å². The molecule has 2 amide bonds. The van der Waals surface area contributed by atoms with Gasteiger partial charge in [0, 0.05) is 23.4 Å². The number of amides is 2. The molecule has 2 rings (SSSR count). The number of aromatic nitrogens is 1. The lowest BCUT2D eigenvalue weighted by molar-refractivity contribution is 0.233. The van der Waals surface area contributed by atoms with Crippen LogP contribution in [0.2, 0.25) is 0 Å². The minimum atomic E-state index is -0.0302. The van der Waals surface area contributed by atoms with Gasteiger partial charge in [0.25, 0.3) is 0 Å². The van der Waals surface area contributed by atoms with E-state index in [1.54, 1.807) is 0 Å². The summed E-state index contributed by atoms with van der Waals surface area (Å²) in [6.45, 7) is 6.75. The first-order valence-corrected chi connectivity index (χ1v) is 9.74. The molecule has 23 heavy (non-hydrogen) atoms. The monoisotopic (exact) mass is 339 g/mol. The molecule has 1 aliphatic rings. The average molecular weight is 340 g/mol. The first-order valence-electron chi connectivity index (χ1n) is 8.69. The van der Waals surface area contributed by atoms with Crippen molar-refractivity contribution in [2.75, 3.05) is 12.3 Å². The number of aryl methyl sites for hydroxylation is 2. The third kappa shape index (κ3) is 5.44. The van der Waals surface area contributed by atoms with Crippen molar-refractivity contribution in [1.29, 1.82) is 0 Å². The Hall–Kier alpha value is -1.17. The van der Waals surface area contributed by atoms with Crippen LogP contribution in [0, 0.1) is 13.8 Å². The Kier molecular flexibility index (Phi) is 7.27. The molecule has 1 aromatic rings. The maximum absolute atomic E-state index is 12.1. The van der Waals surface area contributed by atoms with E-state index < -0.39 is 0 Å². The van der Waals surface area contributed by atoms with Gasteiger partial charge in [-0.1, -0.05) is 24.9 Å². The zero-order valence-electron chi connectivity index (χ0n) is 14.5. The lowest BCUT2D eigenvalue weighted by Gasteiger charge is -2.31. The largest absolute Gasteiger partial charge is 0.361 e. The minimum absolute atomic E-state index is 0.0302. The topological polar surface area (TPSA) is 67.2 Å². The predicted octanol–water partition coefficient (Wildman–Crippen LogP) is 3.59. The first kappa shape index (κ1) is 18.2. The summed E-state index contributed by atoms with van der Waals surface area (Å²) >= 11 is 1.97. The standard InChI is InChI=1S/C17H29N3O2S/c1-4-23-16-10-6-5-9-15(16)19-17(21)18-11-7-8-14-12(2)20-22-13(14)3/h15-16H,4-11H2,1-3H3,(H2,18,19,21)/t15-,16+/m1/s1. The number of thioether (sulfide) groups is 1. The van der Waals surface area contributed by atoms with E-state index in [0.717, 1.165) is 36.5 Å². The Morgan fingerprint density at radius 1 is 1.35 bits per heavy atom. The van der Waals surface area contributed by atoms with E-state index in [1.165, 1.54) is 24.8 Å². The van der Waals surface area contributed by atoms with Crippen LogP contribution in [0.3, 0.4) is 0 Å². The van der Waals surface area contributed by atoms with Gasteiger partial charge in [0.1, 0.15) is 5.76 Å². The van der Waals surface area contributed by atoms with Gasteiger partial charge in [0.15, 0.2) is 0 Å². The highest BCUT2D eigenvalue weighted by Gasteiger charge is 2.26. The maximum Gasteiger partial charge on any atom is 0.315 e. The molecule has 0 radical (unpaired) electrons. The Labute approximate surface area is 143 Å². The van der Waals surface area contributed by atoms with Crippen LogP contribution in [0.5, 0.6) is 0 Å². The van der Waals surface area contributed by atoms with Crippen molar-refractivity contribution in [3.8, 4) is 0 Å². The fraction of sp³-hybridized carbons (Fsp3) is 0.765. The molecule has 0 aromatic carbocycles. The molecule has 130 valence electrons. The SMILES string of the molecule is CCS[C@H]1CCCC[C@H]1NC(=O)NCCCc1c(C)noc1C. The van der Waals surface area contributed by atoms with Gasteiger partial charge in [-0.05, 0) is 45.3 Å². The highest BCUT2D eigenvalue weighted by molar-refractivity contribution is 7.99. The molecule has 1 aromatic heterocycles. The zero-order chi connectivity index (χ0) is 16.7. The predicted molar refractivity (Wildman–Crippen MR) is 95.0 cm³/mol. The third-order valence-electron chi connectivity index (χ3n) is 4.47. The summed E-state index contributed by atoms with van der Waals surface area (Å²) in [5, 5.41) is 10.7. The van der Waals surface area contributed by atoms with E-state index in [2.05, 4.69) is 22.7 Å². The second-order valence-corrected chi connectivity index (χ2v) is 7.71. The Bertz CT molecular complexity index is 483. The summed E-state index contributed by atoms with van der Waals surface area (Å²) in [6.07, 6.45) is 6.61. The molecule has 0 spiro atoms. The van der Waals surface area contributed by atoms with Crippen LogP contribution in [0.4, 0.5) is 4.79 Å². The van der Waals surface area contributed by atoms with Gasteiger partial charge in [-0.3, -0.25) is 0 Å². The Balaban J connectivity index is 1.68. The summed E-state index contributed by atoms with van der Waals surface area (Å²) in [6, 6.07) is 0.286. The smallest absolute Gasteiger partial charge is 0.315 e. The fourth-order valence-corrected chi connectivity index (χ4v) is 4.42. The van der Waals surface area contributed by atoms with E-state index >= 15 is 0 Å². The summed E-state index contributed by atoms with van der Waals surface area (Å²) in [5.41, 5.74) is 2.12. The Morgan fingerprint density at radius 3 is 2.83 bits per heavy atom. The van der Waals surface area contributed by atoms with E-state index in [-0.39, 0.29) is 6.03 Å². The van der Waals surface area contributed by atoms with E-state index in [0.29, 0.717) is 17.8 Å². The number of nitrogens with one attached hydrogen (secondary N) is 2. The van der Waals surface area contributed by atoms with Gasteiger partial charge < -0.3 is 15.2 Å². The quantitative estimate of drug-likeness (QED) is 0.745. The molecule has 2 N–H and O–H groups in total. The van der Waals surface area contributed by atoms with Gasteiger partial charge >= 0.3 is 6.03 Å². The van der Waals surface area contributed by atoms with Crippen LogP contribution in [0.15, 0.2) is 4.52 Å². The highest BCUT2D eigenvalue weighted by atomic mass is 32.2. The summed E-state index contributed by atoms with van der Waals surface area (Å²) < 4.78 is 5.16. The number of hydrogen-bond donors (Lipinski definition) is 2. The highest BCUT2D eigenvalue weighted by Crippen LogP contribution is 2.28. The molecular formula is C17H29N3O2S. The molecule has 2 atom stereocenters. The molecule has 0 aliphatic heterocycles. The van der Waals surface area contributed by atoms with Crippen LogP contribution in [0.25, 0.3) is 0 Å². The molecule has 5 nitrogen and oxygen atoms in total. The van der Waals surface area contributed by atoms with E-state index in [9.17, 15) is 4.79 Å². The van der Waals surface area contributed by atoms with Crippen molar-refractivity contribution in [2.45, 2.75) is 70.6 Å². The number of carbonyl (C=O) groups excluding carboxylic acids is 1. The second kappa shape index (κ2) is 9.21. The molecule has 1 aliphatic carbocycles. The van der Waals surface area contributed by atoms with E-state index in [4.69, 9.17) is 4.52 Å². The van der Waals surface area contributed by atoms with Crippen molar-refractivity contribution < 1.29 is 9.32 Å². The number of hydrogen-bond acceptors (Lipinski definition) is 4. The summed E-state index contributed by atoms with van der Waals surface area (Å²) in [7, 11) is 0. The summed E-state index contributed by atoms with van der Waals surface area (Å²) in [4.78, 5) is 12.1. The molecule has 1 saturated carbocycles. The lowest BCUT2D eigenvalue weighted by Crippen LogP contribution is -2.48. The van der Waals surface area contributed by atoms with Crippen molar-refractivity contribution in [3.63, 3.8) is 0 Å². The van der Waals surface area contributed by atoms with Crippen LogP contribution in [0.1, 0.15) is 56.0 Å². The molecule has 0 unspecified atom stereocenters. The van der Waals surface area contributed by atoms with Crippen LogP contribution in [-0.4, -0.2) is 34.8 Å². The Morgan fingerprint density at radius 2 is 2.13 bits per heavy atom. The number of carbonyl (C=O) groups is 1. The van der Waals surface area contributed by atoms with Crippen LogP contribution >= 0.6 is 11.8 Å². The summed E-state index contributed by atoms with van der Waals surface area (Å²) in [5.74, 6) is 2.00. The zero-order valence-corrected chi connectivity index (χ0v) is 15.3. The molecule has 0 saturated heterocycles. The van der Waals surface area contributed by atoms with Gasteiger partial charge in [-0.25, -0.2) is 4.79 Å². The fourth-order valence-electron chi connectivity index (χ4n) is 3.22.